The van der Waals surface area contributed by atoms with Crippen LogP contribution in [-0.4, -0.2) is 16.1 Å². The van der Waals surface area contributed by atoms with Crippen LogP contribution in [0.15, 0.2) is 30.5 Å². The van der Waals surface area contributed by atoms with E-state index in [0.29, 0.717) is 11.4 Å². The molecule has 0 aliphatic heterocycles. The Bertz CT molecular complexity index is 514. The Morgan fingerprint density at radius 3 is 2.59 bits per heavy atom. The van der Waals surface area contributed by atoms with Crippen molar-refractivity contribution in [1.29, 1.82) is 0 Å². The lowest BCUT2D eigenvalue weighted by molar-refractivity contribution is 0.102. The number of nitrogens with zero attached hydrogens (tertiary/aromatic N) is 1. The molecule has 88 valence electrons. The zero-order valence-corrected chi connectivity index (χ0v) is 9.95. The topological polar surface area (TPSA) is 57.8 Å². The highest BCUT2D eigenvalue weighted by Gasteiger charge is 2.08. The molecule has 4 nitrogen and oxygen atoms in total. The maximum Gasteiger partial charge on any atom is 0.256 e. The summed E-state index contributed by atoms with van der Waals surface area (Å²) >= 11 is 0. The molecule has 1 aromatic heterocycles. The fourth-order valence-electron chi connectivity index (χ4n) is 1.55. The molecule has 2 N–H and O–H groups in total. The zero-order valence-electron chi connectivity index (χ0n) is 9.95. The Balaban J connectivity index is 2.12. The molecule has 0 unspecified atom stereocenters. The third kappa shape index (κ3) is 2.53. The number of nitrogens with one attached hydrogen (secondary N) is 2. The minimum atomic E-state index is -0.125. The minimum Gasteiger partial charge on any atom is -0.307 e. The molecule has 0 spiro atoms. The molecule has 0 atom stereocenters. The van der Waals surface area contributed by atoms with E-state index in [2.05, 4.69) is 22.4 Å². The highest BCUT2D eigenvalue weighted by molar-refractivity contribution is 6.04. The van der Waals surface area contributed by atoms with Crippen LogP contribution in [0.5, 0.6) is 0 Å². The summed E-state index contributed by atoms with van der Waals surface area (Å²) in [6.07, 6.45) is 2.65. The molecule has 0 aliphatic rings. The van der Waals surface area contributed by atoms with E-state index in [9.17, 15) is 4.79 Å². The maximum atomic E-state index is 11.9. The Hall–Kier alpha value is -2.10. The van der Waals surface area contributed by atoms with Crippen molar-refractivity contribution >= 4 is 11.7 Å². The van der Waals surface area contributed by atoms with Gasteiger partial charge in [0.2, 0.25) is 0 Å². The fraction of sp³-hybridized carbons (Fsp3) is 0.231. The molecule has 1 amide bonds. The SMILES string of the molecule is CCc1ccc(C(=O)Nc2[nH]ncc2C)cc1. The van der Waals surface area contributed by atoms with Crippen molar-refractivity contribution in [3.8, 4) is 0 Å². The van der Waals surface area contributed by atoms with Gasteiger partial charge in [0.05, 0.1) is 6.20 Å². The summed E-state index contributed by atoms with van der Waals surface area (Å²) in [7, 11) is 0. The Labute approximate surface area is 100 Å². The van der Waals surface area contributed by atoms with E-state index >= 15 is 0 Å². The van der Waals surface area contributed by atoms with Crippen LogP contribution in [-0.2, 0) is 6.42 Å². The number of benzene rings is 1. The zero-order chi connectivity index (χ0) is 12.3. The number of aromatic nitrogens is 2. The number of aryl methyl sites for hydroxylation is 2. The van der Waals surface area contributed by atoms with E-state index in [4.69, 9.17) is 0 Å². The van der Waals surface area contributed by atoms with Crippen LogP contribution in [0.25, 0.3) is 0 Å². The van der Waals surface area contributed by atoms with Crippen molar-refractivity contribution in [3.05, 3.63) is 47.2 Å². The summed E-state index contributed by atoms with van der Waals surface area (Å²) in [4.78, 5) is 11.9. The number of carbonyl (C=O) groups excluding carboxylic acids is 1. The molecule has 17 heavy (non-hydrogen) atoms. The molecule has 0 bridgehead atoms. The molecule has 2 aromatic rings. The van der Waals surface area contributed by atoms with Crippen LogP contribution in [0, 0.1) is 6.92 Å². The summed E-state index contributed by atoms with van der Waals surface area (Å²) < 4.78 is 0. The second kappa shape index (κ2) is 4.82. The van der Waals surface area contributed by atoms with Crippen molar-refractivity contribution in [2.45, 2.75) is 20.3 Å². The van der Waals surface area contributed by atoms with Crippen molar-refractivity contribution < 1.29 is 4.79 Å². The molecule has 4 heteroatoms. The molecule has 0 fully saturated rings. The quantitative estimate of drug-likeness (QED) is 0.849. The van der Waals surface area contributed by atoms with Gasteiger partial charge in [-0.3, -0.25) is 9.89 Å². The molecule has 0 saturated carbocycles. The van der Waals surface area contributed by atoms with Crippen LogP contribution in [0.3, 0.4) is 0 Å². The lowest BCUT2D eigenvalue weighted by Gasteiger charge is -2.04. The predicted octanol–water partition coefficient (Wildman–Crippen LogP) is 2.53. The molecule has 1 aromatic carbocycles. The molecule has 2 rings (SSSR count). The van der Waals surface area contributed by atoms with Gasteiger partial charge in [0.15, 0.2) is 0 Å². The number of rotatable bonds is 3. The van der Waals surface area contributed by atoms with E-state index in [-0.39, 0.29) is 5.91 Å². The summed E-state index contributed by atoms with van der Waals surface area (Å²) in [6, 6.07) is 7.60. The van der Waals surface area contributed by atoms with E-state index in [1.165, 1.54) is 5.56 Å². The summed E-state index contributed by atoms with van der Waals surface area (Å²) in [6.45, 7) is 3.97. The van der Waals surface area contributed by atoms with Gasteiger partial charge in [-0.25, -0.2) is 0 Å². The number of carbonyl (C=O) groups is 1. The van der Waals surface area contributed by atoms with Crippen molar-refractivity contribution in [2.24, 2.45) is 0 Å². The Kier molecular flexibility index (Phi) is 3.23. The van der Waals surface area contributed by atoms with Gasteiger partial charge in [0, 0.05) is 11.1 Å². The number of amides is 1. The van der Waals surface area contributed by atoms with Crippen LogP contribution in [0.1, 0.15) is 28.4 Å². The number of aromatic amines is 1. The minimum absolute atomic E-state index is 0.125. The highest BCUT2D eigenvalue weighted by Crippen LogP contribution is 2.11. The molecule has 0 saturated heterocycles. The monoisotopic (exact) mass is 229 g/mol. The number of hydrogen-bond acceptors (Lipinski definition) is 2. The molecular weight excluding hydrogens is 214 g/mol. The number of H-pyrrole nitrogens is 1. The first-order chi connectivity index (χ1) is 8.20. The maximum absolute atomic E-state index is 11.9. The van der Waals surface area contributed by atoms with Gasteiger partial charge in [-0.15, -0.1) is 0 Å². The van der Waals surface area contributed by atoms with E-state index < -0.39 is 0 Å². The van der Waals surface area contributed by atoms with Crippen molar-refractivity contribution in [1.82, 2.24) is 10.2 Å². The summed E-state index contributed by atoms with van der Waals surface area (Å²) in [5.41, 5.74) is 2.79. The van der Waals surface area contributed by atoms with Crippen molar-refractivity contribution in [3.63, 3.8) is 0 Å². The van der Waals surface area contributed by atoms with Gasteiger partial charge < -0.3 is 5.32 Å². The predicted molar refractivity (Wildman–Crippen MR) is 67.1 cm³/mol. The Morgan fingerprint density at radius 2 is 2.06 bits per heavy atom. The highest BCUT2D eigenvalue weighted by atomic mass is 16.1. The van der Waals surface area contributed by atoms with Gasteiger partial charge in [-0.1, -0.05) is 19.1 Å². The number of hydrogen-bond donors (Lipinski definition) is 2. The van der Waals surface area contributed by atoms with E-state index in [1.807, 2.05) is 31.2 Å². The van der Waals surface area contributed by atoms with Gasteiger partial charge in [0.25, 0.3) is 5.91 Å². The van der Waals surface area contributed by atoms with Gasteiger partial charge in [-0.2, -0.15) is 5.10 Å². The van der Waals surface area contributed by atoms with E-state index in [0.717, 1.165) is 12.0 Å². The second-order valence-corrected chi connectivity index (χ2v) is 3.93. The average Bonchev–Trinajstić information content (AvgIpc) is 2.75. The smallest absolute Gasteiger partial charge is 0.256 e. The first-order valence-electron chi connectivity index (χ1n) is 5.61. The van der Waals surface area contributed by atoms with Crippen molar-refractivity contribution in [2.75, 3.05) is 5.32 Å². The lowest BCUT2D eigenvalue weighted by Crippen LogP contribution is -2.12. The van der Waals surface area contributed by atoms with E-state index in [1.54, 1.807) is 6.20 Å². The molecule has 0 aliphatic carbocycles. The second-order valence-electron chi connectivity index (χ2n) is 3.93. The third-order valence-electron chi connectivity index (χ3n) is 2.69. The van der Waals surface area contributed by atoms with Crippen LogP contribution >= 0.6 is 0 Å². The standard InChI is InChI=1S/C13H15N3O/c1-3-10-4-6-11(7-5-10)13(17)15-12-9(2)8-14-16-12/h4-8H,3H2,1-2H3,(H2,14,15,16,17). The largest absolute Gasteiger partial charge is 0.307 e. The Morgan fingerprint density at radius 1 is 1.35 bits per heavy atom. The van der Waals surface area contributed by atoms with Gasteiger partial charge in [-0.05, 0) is 31.0 Å². The molecular formula is C13H15N3O. The first-order valence-corrected chi connectivity index (χ1v) is 5.61. The molecule has 0 radical (unpaired) electrons. The van der Waals surface area contributed by atoms with Crippen LogP contribution in [0.2, 0.25) is 0 Å². The normalized spacial score (nSPS) is 10.2. The molecule has 1 heterocycles. The lowest BCUT2D eigenvalue weighted by atomic mass is 10.1. The van der Waals surface area contributed by atoms with Gasteiger partial charge >= 0.3 is 0 Å². The van der Waals surface area contributed by atoms with Crippen LogP contribution in [0.4, 0.5) is 5.82 Å². The third-order valence-corrected chi connectivity index (χ3v) is 2.69. The summed E-state index contributed by atoms with van der Waals surface area (Å²) in [5.74, 6) is 0.523. The number of anilines is 1. The summed E-state index contributed by atoms with van der Waals surface area (Å²) in [5, 5.41) is 9.39. The van der Waals surface area contributed by atoms with Crippen LogP contribution < -0.4 is 5.32 Å². The fourth-order valence-corrected chi connectivity index (χ4v) is 1.55. The first kappa shape index (κ1) is 11.4. The average molecular weight is 229 g/mol. The van der Waals surface area contributed by atoms with Gasteiger partial charge in [0.1, 0.15) is 5.82 Å².